The third kappa shape index (κ3) is 25.3. The van der Waals surface area contributed by atoms with Crippen LogP contribution in [0.4, 0.5) is 0 Å². The van der Waals surface area contributed by atoms with E-state index in [1.165, 1.54) is 0 Å². The molecule has 4 radical (unpaired) electrons. The molecule has 0 fully saturated rings. The molecule has 0 aliphatic rings. The zero-order valence-electron chi connectivity index (χ0n) is 2.01. The second kappa shape index (κ2) is 40.2. The molecule has 0 amide bonds. The Hall–Kier alpha value is 1.85. The van der Waals surface area contributed by atoms with E-state index in [0.717, 1.165) is 0 Å². The van der Waals surface area contributed by atoms with Crippen molar-refractivity contribution in [3.63, 3.8) is 0 Å². The van der Waals surface area contributed by atoms with Gasteiger partial charge in [-0.3, -0.25) is 0 Å². The van der Waals surface area contributed by atoms with Gasteiger partial charge in [-0.1, -0.05) is 0 Å². The van der Waals surface area contributed by atoms with Gasteiger partial charge in [-0.2, -0.15) is 0 Å². The first-order valence-electron chi connectivity index (χ1n) is 0.136. The van der Waals surface area contributed by atoms with Gasteiger partial charge in [-0.25, -0.2) is 0 Å². The van der Waals surface area contributed by atoms with Crippen LogP contribution in [0.5, 0.6) is 0 Å². The quantitative estimate of drug-likeness (QED) is 0.498. The molecule has 1 nitrogen and oxygen atoms in total. The Balaban J connectivity index is -0.00000000167. The molecule has 0 saturated heterocycles. The number of hydrogen-bond donors (Lipinski definition) is 0. The van der Waals surface area contributed by atoms with Crippen molar-refractivity contribution in [3.8, 4) is 0 Å². The SMILES string of the molecule is [Al].[Mn].[Ni].[O]=[Co]. The topological polar surface area (TPSA) is 17.1 Å². The zero-order valence-corrected chi connectivity index (χ0v) is 6.38. The minimum atomic E-state index is 0. The van der Waals surface area contributed by atoms with Gasteiger partial charge in [0.2, 0.25) is 0 Å². The van der Waals surface area contributed by atoms with Crippen LogP contribution in [-0.2, 0) is 53.1 Å². The average molecular weight is 216 g/mol. The summed E-state index contributed by atoms with van der Waals surface area (Å²) in [7, 11) is 0. The fourth-order valence-electron chi connectivity index (χ4n) is 0. The van der Waals surface area contributed by atoms with E-state index in [1.54, 1.807) is 0 Å². The summed E-state index contributed by atoms with van der Waals surface area (Å²) in [6, 6.07) is 0. The summed E-state index contributed by atoms with van der Waals surface area (Å²) in [5.41, 5.74) is 0. The third-order valence-electron chi connectivity index (χ3n) is 0. The van der Waals surface area contributed by atoms with Crippen LogP contribution in [0, 0.1) is 0 Å². The monoisotopic (exact) mass is 215 g/mol. The van der Waals surface area contributed by atoms with Crippen LogP contribution in [0.2, 0.25) is 0 Å². The molecular formula is AlCoMnNiO. The third-order valence-corrected chi connectivity index (χ3v) is 0. The van der Waals surface area contributed by atoms with Crippen molar-refractivity contribution >= 4 is 17.4 Å². The van der Waals surface area contributed by atoms with Crippen molar-refractivity contribution in [1.29, 1.82) is 0 Å². The Morgan fingerprint density at radius 1 is 1.20 bits per heavy atom. The van der Waals surface area contributed by atoms with Crippen molar-refractivity contribution in [2.45, 2.75) is 0 Å². The molecule has 0 bridgehead atoms. The van der Waals surface area contributed by atoms with Crippen LogP contribution in [-0.4, -0.2) is 17.4 Å². The van der Waals surface area contributed by atoms with Gasteiger partial charge in [0.05, 0.1) is 0 Å². The van der Waals surface area contributed by atoms with Crippen LogP contribution in [0.1, 0.15) is 0 Å². The molecule has 0 saturated carbocycles. The molecule has 0 heterocycles. The molecule has 0 aliphatic carbocycles. The van der Waals surface area contributed by atoms with Gasteiger partial charge in [0, 0.05) is 50.9 Å². The summed E-state index contributed by atoms with van der Waals surface area (Å²) in [5, 5.41) is 0. The van der Waals surface area contributed by atoms with Crippen LogP contribution in [0.15, 0.2) is 0 Å². The van der Waals surface area contributed by atoms with E-state index in [4.69, 9.17) is 3.87 Å². The van der Waals surface area contributed by atoms with Crippen LogP contribution in [0.3, 0.4) is 0 Å². The zero-order chi connectivity index (χ0) is 2.00. The van der Waals surface area contributed by atoms with Crippen molar-refractivity contribution in [2.24, 2.45) is 0 Å². The maximum absolute atomic E-state index is 7.94. The van der Waals surface area contributed by atoms with E-state index in [2.05, 4.69) is 15.7 Å². The Bertz CT molecular complexity index is 11.6. The molecule has 5 heteroatoms. The van der Waals surface area contributed by atoms with E-state index < -0.39 is 0 Å². The van der Waals surface area contributed by atoms with Crippen LogP contribution >= 0.6 is 0 Å². The number of rotatable bonds is 0. The summed E-state index contributed by atoms with van der Waals surface area (Å²) < 4.78 is 7.94. The molecule has 0 aromatic carbocycles. The summed E-state index contributed by atoms with van der Waals surface area (Å²) in [4.78, 5) is 0. The fourth-order valence-corrected chi connectivity index (χ4v) is 0. The first kappa shape index (κ1) is 28.8. The van der Waals surface area contributed by atoms with Crippen molar-refractivity contribution in [2.75, 3.05) is 0 Å². The maximum atomic E-state index is 7.94. The normalized spacial score (nSPS) is 1.00. The Morgan fingerprint density at radius 3 is 1.20 bits per heavy atom. The average Bonchev–Trinajstić information content (AvgIpc) is 1.00. The van der Waals surface area contributed by atoms with Crippen molar-refractivity contribution < 1.29 is 53.1 Å². The minimum absolute atomic E-state index is 0. The van der Waals surface area contributed by atoms with E-state index in [-0.39, 0.29) is 50.9 Å². The van der Waals surface area contributed by atoms with Gasteiger partial charge in [0.15, 0.2) is 0 Å². The molecule has 35 valence electrons. The summed E-state index contributed by atoms with van der Waals surface area (Å²) in [5.74, 6) is 0. The number of hydrogen-bond acceptors (Lipinski definition) is 1. The van der Waals surface area contributed by atoms with Gasteiger partial charge < -0.3 is 0 Å². The molecule has 0 aromatic heterocycles. The van der Waals surface area contributed by atoms with E-state index >= 15 is 0 Å². The molecule has 5 heavy (non-hydrogen) atoms. The molecule has 0 atom stereocenters. The fraction of sp³-hybridized carbons (Fsp3) is 0. The summed E-state index contributed by atoms with van der Waals surface area (Å²) in [6.07, 6.45) is 0. The van der Waals surface area contributed by atoms with E-state index in [9.17, 15) is 0 Å². The van der Waals surface area contributed by atoms with Crippen molar-refractivity contribution in [3.05, 3.63) is 0 Å². The Labute approximate surface area is 70.0 Å². The Morgan fingerprint density at radius 2 is 1.20 bits per heavy atom. The van der Waals surface area contributed by atoms with Crippen LogP contribution < -0.4 is 0 Å². The molecule has 0 aromatic rings. The molecule has 0 spiro atoms. The molecule has 0 unspecified atom stereocenters. The first-order valence-corrected chi connectivity index (χ1v) is 0.561. The summed E-state index contributed by atoms with van der Waals surface area (Å²) >= 11 is 2.31. The predicted octanol–water partition coefficient (Wildman–Crippen LogP) is -0.507. The first-order chi connectivity index (χ1) is 1.00. The van der Waals surface area contributed by atoms with Gasteiger partial charge in [-0.15, -0.1) is 0 Å². The van der Waals surface area contributed by atoms with Gasteiger partial charge in [0.1, 0.15) is 0 Å². The van der Waals surface area contributed by atoms with E-state index in [1.807, 2.05) is 0 Å². The molecule has 0 N–H and O–H groups in total. The van der Waals surface area contributed by atoms with Crippen LogP contribution in [0.25, 0.3) is 0 Å². The standard InChI is InChI=1S/Al.Co.Mn.Ni.O. The molecule has 0 aliphatic heterocycles. The second-order valence-corrected chi connectivity index (χ2v) is 0. The van der Waals surface area contributed by atoms with Gasteiger partial charge in [-0.05, 0) is 0 Å². The summed E-state index contributed by atoms with van der Waals surface area (Å²) in [6.45, 7) is 0. The Kier molecular flexibility index (Phi) is 232. The second-order valence-electron chi connectivity index (χ2n) is 0. The molecular weight excluding hydrogens is 216 g/mol. The molecule has 0 rings (SSSR count). The van der Waals surface area contributed by atoms with Gasteiger partial charge >= 0.3 is 19.5 Å². The predicted molar refractivity (Wildman–Crippen MR) is 6.44 cm³/mol. The van der Waals surface area contributed by atoms with Crippen molar-refractivity contribution in [1.82, 2.24) is 0 Å². The van der Waals surface area contributed by atoms with Gasteiger partial charge in [0.25, 0.3) is 0 Å². The van der Waals surface area contributed by atoms with E-state index in [0.29, 0.717) is 0 Å².